The number of hydrogen-bond donors (Lipinski definition) is 1. The first kappa shape index (κ1) is 22.8. The minimum absolute atomic E-state index is 0.207. The van der Waals surface area contributed by atoms with Crippen LogP contribution in [0.5, 0.6) is 5.75 Å². The van der Waals surface area contributed by atoms with Crippen LogP contribution in [-0.2, 0) is 28.9 Å². The number of benzene rings is 2. The number of carbonyl (C=O) groups excluding carboxylic acids is 2. The van der Waals surface area contributed by atoms with E-state index in [0.29, 0.717) is 12.0 Å². The molecule has 6 nitrogen and oxygen atoms in total. The van der Waals surface area contributed by atoms with Crippen molar-refractivity contribution in [1.29, 1.82) is 0 Å². The summed E-state index contributed by atoms with van der Waals surface area (Å²) in [6.07, 6.45) is 3.12. The van der Waals surface area contributed by atoms with Crippen molar-refractivity contribution in [3.63, 3.8) is 0 Å². The van der Waals surface area contributed by atoms with Gasteiger partial charge in [0, 0.05) is 29.9 Å². The Morgan fingerprint density at radius 2 is 1.79 bits per heavy atom. The maximum Gasteiger partial charge on any atom is 0.339 e. The maximum atomic E-state index is 13.1. The van der Waals surface area contributed by atoms with E-state index < -0.39 is 12.0 Å². The van der Waals surface area contributed by atoms with Crippen LogP contribution in [0.2, 0.25) is 0 Å². The third kappa shape index (κ3) is 5.51. The largest absolute Gasteiger partial charge is 0.425 e. The summed E-state index contributed by atoms with van der Waals surface area (Å²) in [6, 6.07) is 13.7. The van der Waals surface area contributed by atoms with Gasteiger partial charge >= 0.3 is 11.6 Å². The summed E-state index contributed by atoms with van der Waals surface area (Å²) in [5, 5.41) is 3.71. The molecule has 1 aromatic heterocycles. The molecule has 1 N–H and O–H groups in total. The second kappa shape index (κ2) is 9.22. The predicted octanol–water partition coefficient (Wildman–Crippen LogP) is 4.35. The number of nitrogens with one attached hydrogen (secondary N) is 1. The molecule has 1 aliphatic carbocycles. The number of fused-ring (bicyclic) bond motifs is 3. The molecule has 1 atom stereocenters. The lowest BCUT2D eigenvalue weighted by atomic mass is 9.91. The molecule has 0 radical (unpaired) electrons. The average Bonchev–Trinajstić information content (AvgIpc) is 3.23. The summed E-state index contributed by atoms with van der Waals surface area (Å²) in [5.41, 5.74) is 2.56. The van der Waals surface area contributed by atoms with Crippen LogP contribution in [0.15, 0.2) is 57.7 Å². The molecule has 0 saturated heterocycles. The van der Waals surface area contributed by atoms with Crippen LogP contribution >= 0.6 is 0 Å². The second-order valence-corrected chi connectivity index (χ2v) is 9.83. The van der Waals surface area contributed by atoms with E-state index in [1.807, 2.05) is 57.2 Å². The zero-order chi connectivity index (χ0) is 23.6. The molecule has 3 aromatic rings. The Morgan fingerprint density at radius 3 is 2.52 bits per heavy atom. The highest BCUT2D eigenvalue weighted by molar-refractivity contribution is 5.87. The van der Waals surface area contributed by atoms with Gasteiger partial charge in [-0.15, -0.1) is 0 Å². The summed E-state index contributed by atoms with van der Waals surface area (Å²) in [6.45, 7) is 5.91. The third-order valence-corrected chi connectivity index (χ3v) is 5.76. The summed E-state index contributed by atoms with van der Waals surface area (Å²) in [4.78, 5) is 37.9. The molecular formula is C27H29NO5. The van der Waals surface area contributed by atoms with Crippen LogP contribution in [0, 0.1) is 5.41 Å². The number of hydrogen-bond acceptors (Lipinski definition) is 5. The lowest BCUT2D eigenvalue weighted by Crippen LogP contribution is -2.45. The van der Waals surface area contributed by atoms with E-state index in [-0.39, 0.29) is 29.1 Å². The Labute approximate surface area is 192 Å². The number of aryl methyl sites for hydroxylation is 1. The number of amides is 1. The number of carbonyl (C=O) groups is 2. The first-order valence-corrected chi connectivity index (χ1v) is 11.3. The fourth-order valence-electron chi connectivity index (χ4n) is 4.28. The molecule has 6 heteroatoms. The standard InChI is InChI=1S/C27H29NO5/c1-27(2,3)16-24(29)28-22(14-17-8-5-4-6-9-17)26(31)32-18-12-13-20-19-10-7-11-21(19)25(30)33-23(20)15-18/h4-6,8-9,12-13,15,22H,7,10-11,14,16H2,1-3H3,(H,28,29)/t22-/m1/s1. The lowest BCUT2D eigenvalue weighted by molar-refractivity contribution is -0.139. The Morgan fingerprint density at radius 1 is 1.06 bits per heavy atom. The second-order valence-electron chi connectivity index (χ2n) is 9.83. The van der Waals surface area contributed by atoms with Gasteiger partial charge in [0.05, 0.1) is 0 Å². The summed E-state index contributed by atoms with van der Waals surface area (Å²) >= 11 is 0. The van der Waals surface area contributed by atoms with Gasteiger partial charge in [0.25, 0.3) is 0 Å². The lowest BCUT2D eigenvalue weighted by Gasteiger charge is -2.22. The zero-order valence-electron chi connectivity index (χ0n) is 19.3. The van der Waals surface area contributed by atoms with Crippen molar-refractivity contribution in [3.8, 4) is 5.75 Å². The van der Waals surface area contributed by atoms with Gasteiger partial charge in [-0.1, -0.05) is 51.1 Å². The molecule has 0 fully saturated rings. The van der Waals surface area contributed by atoms with Gasteiger partial charge in [0.2, 0.25) is 5.91 Å². The maximum absolute atomic E-state index is 13.1. The Hall–Kier alpha value is -3.41. The fourth-order valence-corrected chi connectivity index (χ4v) is 4.28. The molecule has 33 heavy (non-hydrogen) atoms. The SMILES string of the molecule is CC(C)(C)CC(=O)N[C@H](Cc1ccccc1)C(=O)Oc1ccc2c3c(c(=O)oc2c1)CCC3. The van der Waals surface area contributed by atoms with E-state index in [0.717, 1.165) is 41.3 Å². The minimum Gasteiger partial charge on any atom is -0.425 e. The van der Waals surface area contributed by atoms with E-state index in [1.54, 1.807) is 12.1 Å². The molecule has 1 heterocycles. The molecule has 1 aliphatic rings. The van der Waals surface area contributed by atoms with Crippen molar-refractivity contribution in [2.45, 2.75) is 58.9 Å². The summed E-state index contributed by atoms with van der Waals surface area (Å²) in [5.74, 6) is -0.499. The van der Waals surface area contributed by atoms with E-state index in [4.69, 9.17) is 9.15 Å². The molecule has 0 bridgehead atoms. The van der Waals surface area contributed by atoms with Crippen LogP contribution in [0.25, 0.3) is 11.0 Å². The van der Waals surface area contributed by atoms with Crippen LogP contribution in [0.3, 0.4) is 0 Å². The van der Waals surface area contributed by atoms with E-state index in [1.165, 1.54) is 0 Å². The molecule has 172 valence electrons. The normalized spacial score (nSPS) is 14.0. The predicted molar refractivity (Wildman–Crippen MR) is 126 cm³/mol. The molecule has 0 spiro atoms. The van der Waals surface area contributed by atoms with E-state index in [9.17, 15) is 14.4 Å². The number of rotatable bonds is 6. The first-order chi connectivity index (χ1) is 15.7. The Kier molecular flexibility index (Phi) is 6.36. The van der Waals surface area contributed by atoms with Gasteiger partial charge in [-0.3, -0.25) is 4.79 Å². The van der Waals surface area contributed by atoms with Crippen molar-refractivity contribution in [1.82, 2.24) is 5.32 Å². The van der Waals surface area contributed by atoms with E-state index >= 15 is 0 Å². The van der Waals surface area contributed by atoms with Gasteiger partial charge in [-0.2, -0.15) is 0 Å². The highest BCUT2D eigenvalue weighted by Gasteiger charge is 2.26. The van der Waals surface area contributed by atoms with Crippen LogP contribution in [-0.4, -0.2) is 17.9 Å². The van der Waals surface area contributed by atoms with Crippen molar-refractivity contribution in [2.75, 3.05) is 0 Å². The Bertz CT molecular complexity index is 1240. The smallest absolute Gasteiger partial charge is 0.339 e. The average molecular weight is 448 g/mol. The van der Waals surface area contributed by atoms with Crippen LogP contribution in [0.1, 0.15) is 50.3 Å². The molecule has 4 rings (SSSR count). The fraction of sp³-hybridized carbons (Fsp3) is 0.370. The van der Waals surface area contributed by atoms with Crippen LogP contribution in [0.4, 0.5) is 0 Å². The monoisotopic (exact) mass is 447 g/mol. The van der Waals surface area contributed by atoms with E-state index in [2.05, 4.69) is 5.32 Å². The van der Waals surface area contributed by atoms with Gasteiger partial charge in [0.15, 0.2) is 0 Å². The highest BCUT2D eigenvalue weighted by atomic mass is 16.5. The Balaban J connectivity index is 1.56. The topological polar surface area (TPSA) is 85.6 Å². The molecular weight excluding hydrogens is 418 g/mol. The van der Waals surface area contributed by atoms with Crippen LogP contribution < -0.4 is 15.7 Å². The molecule has 0 saturated carbocycles. The number of ether oxygens (including phenoxy) is 1. The van der Waals surface area contributed by atoms with Gasteiger partial charge in [-0.05, 0) is 47.9 Å². The molecule has 0 aliphatic heterocycles. The third-order valence-electron chi connectivity index (χ3n) is 5.76. The van der Waals surface area contributed by atoms with Gasteiger partial charge < -0.3 is 14.5 Å². The molecule has 0 unspecified atom stereocenters. The summed E-state index contributed by atoms with van der Waals surface area (Å²) < 4.78 is 11.1. The van der Waals surface area contributed by atoms with Crippen molar-refractivity contribution >= 4 is 22.8 Å². The van der Waals surface area contributed by atoms with Gasteiger partial charge in [0.1, 0.15) is 17.4 Å². The summed E-state index contributed by atoms with van der Waals surface area (Å²) in [7, 11) is 0. The van der Waals surface area contributed by atoms with Gasteiger partial charge in [-0.25, -0.2) is 9.59 Å². The molecule has 1 amide bonds. The quantitative estimate of drug-likeness (QED) is 0.345. The first-order valence-electron chi connectivity index (χ1n) is 11.3. The highest BCUT2D eigenvalue weighted by Crippen LogP contribution is 2.30. The molecule has 2 aromatic carbocycles. The zero-order valence-corrected chi connectivity index (χ0v) is 19.3. The van der Waals surface area contributed by atoms with Crippen molar-refractivity contribution < 1.29 is 18.7 Å². The van der Waals surface area contributed by atoms with Crippen molar-refractivity contribution in [3.05, 3.63) is 75.6 Å². The minimum atomic E-state index is -0.843. The van der Waals surface area contributed by atoms with Crippen molar-refractivity contribution in [2.24, 2.45) is 5.41 Å². The number of esters is 1.